The summed E-state index contributed by atoms with van der Waals surface area (Å²) in [6.07, 6.45) is 0. The molecule has 6 nitrogen and oxygen atoms in total. The van der Waals surface area contributed by atoms with Crippen LogP contribution in [0.1, 0.15) is 11.3 Å². The van der Waals surface area contributed by atoms with Crippen LogP contribution in [0, 0.1) is 18.6 Å². The fourth-order valence-electron chi connectivity index (χ4n) is 1.85. The first-order valence-electron chi connectivity index (χ1n) is 6.01. The van der Waals surface area contributed by atoms with E-state index in [9.17, 15) is 17.2 Å². The number of hydrogen-bond donors (Lipinski definition) is 3. The molecule has 0 bridgehead atoms. The highest BCUT2D eigenvalue weighted by molar-refractivity contribution is 7.92. The molecule has 1 aromatic carbocycles. The van der Waals surface area contributed by atoms with Gasteiger partial charge in [0.1, 0.15) is 11.6 Å². The van der Waals surface area contributed by atoms with Crippen molar-refractivity contribution >= 4 is 15.7 Å². The smallest absolute Gasteiger partial charge is 0.281 e. The van der Waals surface area contributed by atoms with Crippen LogP contribution in [0.15, 0.2) is 23.2 Å². The van der Waals surface area contributed by atoms with Gasteiger partial charge in [-0.15, -0.1) is 0 Å². The Labute approximate surface area is 120 Å². The molecule has 0 aliphatic carbocycles. The molecule has 3 N–H and O–H groups in total. The minimum absolute atomic E-state index is 0.205. The van der Waals surface area contributed by atoms with Crippen molar-refractivity contribution in [2.75, 3.05) is 11.8 Å². The van der Waals surface area contributed by atoms with Crippen molar-refractivity contribution in [3.63, 3.8) is 0 Å². The molecule has 2 aromatic rings. The van der Waals surface area contributed by atoms with Gasteiger partial charge in [0.15, 0.2) is 0 Å². The van der Waals surface area contributed by atoms with Gasteiger partial charge in [-0.25, -0.2) is 8.78 Å². The van der Waals surface area contributed by atoms with Crippen LogP contribution < -0.4 is 10.0 Å². The number of aryl methyl sites for hydroxylation is 1. The summed E-state index contributed by atoms with van der Waals surface area (Å²) in [6, 6.07) is 2.43. The molecule has 0 aliphatic rings. The van der Waals surface area contributed by atoms with E-state index in [0.717, 1.165) is 12.1 Å². The third kappa shape index (κ3) is 3.37. The van der Waals surface area contributed by atoms with Gasteiger partial charge in [0.2, 0.25) is 5.03 Å². The average molecular weight is 316 g/mol. The third-order valence-corrected chi connectivity index (χ3v) is 4.11. The predicted octanol–water partition coefficient (Wildman–Crippen LogP) is 1.52. The summed E-state index contributed by atoms with van der Waals surface area (Å²) in [4.78, 5) is 0. The lowest BCUT2D eigenvalue weighted by Gasteiger charge is -2.08. The van der Waals surface area contributed by atoms with Crippen LogP contribution in [0.3, 0.4) is 0 Å². The van der Waals surface area contributed by atoms with E-state index in [1.807, 2.05) is 0 Å². The van der Waals surface area contributed by atoms with Gasteiger partial charge in [-0.05, 0) is 26.1 Å². The Morgan fingerprint density at radius 3 is 2.43 bits per heavy atom. The number of hydrogen-bond acceptors (Lipinski definition) is 4. The lowest BCUT2D eigenvalue weighted by molar-refractivity contribution is 0.583. The van der Waals surface area contributed by atoms with Gasteiger partial charge in [0.25, 0.3) is 10.0 Å². The molecule has 1 heterocycles. The number of anilines is 1. The zero-order valence-electron chi connectivity index (χ0n) is 11.4. The van der Waals surface area contributed by atoms with Crippen LogP contribution in [0.25, 0.3) is 0 Å². The van der Waals surface area contributed by atoms with Crippen LogP contribution >= 0.6 is 0 Å². The van der Waals surface area contributed by atoms with Crippen molar-refractivity contribution in [2.24, 2.45) is 0 Å². The van der Waals surface area contributed by atoms with Crippen molar-refractivity contribution in [3.05, 3.63) is 41.1 Å². The zero-order valence-corrected chi connectivity index (χ0v) is 12.2. The molecule has 1 aromatic heterocycles. The molecule has 114 valence electrons. The topological polar surface area (TPSA) is 86.9 Å². The Hall–Kier alpha value is -2.00. The highest BCUT2D eigenvalue weighted by atomic mass is 32.2. The highest BCUT2D eigenvalue weighted by Gasteiger charge is 2.24. The van der Waals surface area contributed by atoms with Gasteiger partial charge in [-0.2, -0.15) is 13.5 Å². The zero-order chi connectivity index (χ0) is 15.6. The quantitative estimate of drug-likeness (QED) is 0.780. The number of nitrogens with zero attached hydrogens (tertiary/aromatic N) is 1. The number of sulfonamides is 1. The van der Waals surface area contributed by atoms with Crippen LogP contribution in [0.4, 0.5) is 14.5 Å². The van der Waals surface area contributed by atoms with Crippen molar-refractivity contribution < 1.29 is 17.2 Å². The van der Waals surface area contributed by atoms with Crippen molar-refractivity contribution in [1.82, 2.24) is 15.5 Å². The van der Waals surface area contributed by atoms with E-state index in [4.69, 9.17) is 0 Å². The van der Waals surface area contributed by atoms with Gasteiger partial charge in [0, 0.05) is 23.9 Å². The maximum absolute atomic E-state index is 13.1. The minimum atomic E-state index is -4.04. The molecule has 0 saturated heterocycles. The van der Waals surface area contributed by atoms with Crippen LogP contribution in [0.5, 0.6) is 0 Å². The molecule has 0 spiro atoms. The molecule has 21 heavy (non-hydrogen) atoms. The maximum atomic E-state index is 13.1. The molecule has 2 rings (SSSR count). The summed E-state index contributed by atoms with van der Waals surface area (Å²) >= 11 is 0. The second-order valence-corrected chi connectivity index (χ2v) is 6.02. The number of H-pyrrole nitrogens is 1. The standard InChI is InChI=1S/C12H14F2N4O2S/c1-7-11(6-15-2)12(17-16-7)21(19,20)18-10-4-8(13)3-9(14)5-10/h3-5,15,18H,6H2,1-2H3,(H,16,17). The highest BCUT2D eigenvalue weighted by Crippen LogP contribution is 2.21. The van der Waals surface area contributed by atoms with Crippen molar-refractivity contribution in [3.8, 4) is 0 Å². The number of benzene rings is 1. The first-order valence-corrected chi connectivity index (χ1v) is 7.49. The molecule has 0 amide bonds. The monoisotopic (exact) mass is 316 g/mol. The van der Waals surface area contributed by atoms with E-state index in [1.54, 1.807) is 14.0 Å². The van der Waals surface area contributed by atoms with Crippen LogP contribution in [0.2, 0.25) is 0 Å². The van der Waals surface area contributed by atoms with Gasteiger partial charge in [0.05, 0.1) is 5.69 Å². The van der Waals surface area contributed by atoms with Gasteiger partial charge in [-0.1, -0.05) is 0 Å². The summed E-state index contributed by atoms with van der Waals surface area (Å²) in [5.74, 6) is -1.75. The lowest BCUT2D eigenvalue weighted by Crippen LogP contribution is -2.17. The molecule has 0 unspecified atom stereocenters. The molecule has 0 fully saturated rings. The number of rotatable bonds is 5. The van der Waals surface area contributed by atoms with Crippen LogP contribution in [-0.2, 0) is 16.6 Å². The number of aromatic nitrogens is 2. The van der Waals surface area contributed by atoms with Gasteiger partial charge < -0.3 is 5.32 Å². The normalized spacial score (nSPS) is 11.6. The average Bonchev–Trinajstić information content (AvgIpc) is 2.70. The summed E-state index contributed by atoms with van der Waals surface area (Å²) in [5.41, 5.74) is 0.848. The summed E-state index contributed by atoms with van der Waals surface area (Å²) in [6.45, 7) is 1.97. The van der Waals surface area contributed by atoms with E-state index in [2.05, 4.69) is 20.2 Å². The number of nitrogens with one attached hydrogen (secondary N) is 3. The molecule has 9 heteroatoms. The van der Waals surface area contributed by atoms with E-state index in [1.165, 1.54) is 0 Å². The summed E-state index contributed by atoms with van der Waals surface area (Å²) in [7, 11) is -2.38. The Morgan fingerprint density at radius 1 is 1.24 bits per heavy atom. The maximum Gasteiger partial charge on any atom is 0.281 e. The van der Waals surface area contributed by atoms with Crippen molar-refractivity contribution in [1.29, 1.82) is 0 Å². The first-order chi connectivity index (χ1) is 9.83. The Balaban J connectivity index is 2.38. The van der Waals surface area contributed by atoms with Gasteiger partial charge in [-0.3, -0.25) is 9.82 Å². The van der Waals surface area contributed by atoms with E-state index >= 15 is 0 Å². The lowest BCUT2D eigenvalue weighted by atomic mass is 10.3. The largest absolute Gasteiger partial charge is 0.316 e. The molecular formula is C12H14F2N4O2S. The Kier molecular flexibility index (Phi) is 4.24. The third-order valence-electron chi connectivity index (χ3n) is 2.76. The first kappa shape index (κ1) is 15.4. The summed E-state index contributed by atoms with van der Waals surface area (Å²) in [5, 5.41) is 8.95. The Morgan fingerprint density at radius 2 is 1.86 bits per heavy atom. The fraction of sp³-hybridized carbons (Fsp3) is 0.250. The SMILES string of the molecule is CNCc1c(S(=O)(=O)Nc2cc(F)cc(F)c2)n[nH]c1C. The van der Waals surface area contributed by atoms with Crippen molar-refractivity contribution in [2.45, 2.75) is 18.5 Å². The van der Waals surface area contributed by atoms with E-state index in [-0.39, 0.29) is 17.3 Å². The molecule has 0 radical (unpaired) electrons. The fourth-order valence-corrected chi connectivity index (χ4v) is 3.09. The van der Waals surface area contributed by atoms with E-state index < -0.39 is 21.7 Å². The summed E-state index contributed by atoms with van der Waals surface area (Å²) < 4.78 is 52.9. The van der Waals surface area contributed by atoms with E-state index in [0.29, 0.717) is 17.3 Å². The Bertz CT molecular complexity index is 738. The second kappa shape index (κ2) is 5.78. The number of halogens is 2. The molecule has 0 aliphatic heterocycles. The molecule has 0 saturated carbocycles. The molecular weight excluding hydrogens is 302 g/mol. The van der Waals surface area contributed by atoms with Crippen LogP contribution in [-0.4, -0.2) is 25.7 Å². The van der Waals surface area contributed by atoms with Gasteiger partial charge >= 0.3 is 0 Å². The predicted molar refractivity (Wildman–Crippen MR) is 73.3 cm³/mol. The second-order valence-electron chi connectivity index (χ2n) is 4.43. The minimum Gasteiger partial charge on any atom is -0.316 e. The number of aromatic amines is 1. The molecule has 0 atom stereocenters.